The van der Waals surface area contributed by atoms with Crippen LogP contribution >= 0.6 is 24.8 Å². The number of carbonyl (C=O) groups is 1. The zero-order valence-corrected chi connectivity index (χ0v) is 18.3. The number of nitrogens with one attached hydrogen (secondary N) is 1. The normalized spacial score (nSPS) is 15.1. The second-order valence-electron chi connectivity index (χ2n) is 7.37. The molecule has 1 aliphatic rings. The van der Waals surface area contributed by atoms with Crippen molar-refractivity contribution < 1.29 is 9.53 Å². The molecule has 0 aliphatic carbocycles. The summed E-state index contributed by atoms with van der Waals surface area (Å²) in [5.41, 5.74) is 10.5. The summed E-state index contributed by atoms with van der Waals surface area (Å²) in [6, 6.07) is 15.9. The first-order valence-corrected chi connectivity index (χ1v) is 9.79. The van der Waals surface area contributed by atoms with Crippen molar-refractivity contribution >= 4 is 41.8 Å². The molecule has 1 saturated heterocycles. The zero-order valence-electron chi connectivity index (χ0n) is 16.7. The smallest absolute Gasteiger partial charge is 0.237 e. The number of hydrogen-bond acceptors (Lipinski definition) is 4. The number of hydrogen-bond donors (Lipinski definition) is 2. The number of benzene rings is 2. The number of amides is 1. The SMILES string of the molecule is Cl.Cl.NC(C(=O)NCc1ccc(Cn2cnc3ccccc32)cc1)C1CCOCC1. The lowest BCUT2D eigenvalue weighted by Crippen LogP contribution is -2.46. The van der Waals surface area contributed by atoms with Crippen LogP contribution in [-0.4, -0.2) is 34.7 Å². The van der Waals surface area contributed by atoms with Gasteiger partial charge in [0, 0.05) is 26.3 Å². The first kappa shape index (κ1) is 24.2. The molecule has 0 bridgehead atoms. The van der Waals surface area contributed by atoms with Gasteiger partial charge in [0.2, 0.25) is 5.91 Å². The van der Waals surface area contributed by atoms with E-state index in [9.17, 15) is 4.79 Å². The Hall–Kier alpha value is -2.12. The van der Waals surface area contributed by atoms with Crippen molar-refractivity contribution in [3.05, 3.63) is 66.0 Å². The number of nitrogens with zero attached hydrogens (tertiary/aromatic N) is 2. The molecule has 2 aromatic carbocycles. The number of aromatic nitrogens is 2. The van der Waals surface area contributed by atoms with Gasteiger partial charge in [0.05, 0.1) is 23.4 Å². The highest BCUT2D eigenvalue weighted by atomic mass is 35.5. The molecule has 1 atom stereocenters. The monoisotopic (exact) mass is 450 g/mol. The van der Waals surface area contributed by atoms with E-state index in [1.54, 1.807) is 0 Å². The molecule has 1 unspecified atom stereocenters. The Morgan fingerprint density at radius 1 is 1.10 bits per heavy atom. The molecule has 30 heavy (non-hydrogen) atoms. The van der Waals surface area contributed by atoms with Crippen molar-refractivity contribution in [2.75, 3.05) is 13.2 Å². The molecule has 6 nitrogen and oxygen atoms in total. The molecule has 3 aromatic rings. The molecule has 2 heterocycles. The van der Waals surface area contributed by atoms with Gasteiger partial charge in [0.15, 0.2) is 0 Å². The highest BCUT2D eigenvalue weighted by Crippen LogP contribution is 2.18. The van der Waals surface area contributed by atoms with Crippen LogP contribution < -0.4 is 11.1 Å². The molecule has 4 rings (SSSR count). The van der Waals surface area contributed by atoms with E-state index >= 15 is 0 Å². The highest BCUT2D eigenvalue weighted by molar-refractivity contribution is 5.85. The third-order valence-corrected chi connectivity index (χ3v) is 5.45. The van der Waals surface area contributed by atoms with Gasteiger partial charge >= 0.3 is 0 Å². The Bertz CT molecular complexity index is 940. The fourth-order valence-electron chi connectivity index (χ4n) is 3.69. The molecule has 0 spiro atoms. The van der Waals surface area contributed by atoms with Crippen molar-refractivity contribution in [3.8, 4) is 0 Å². The Kier molecular flexibility index (Phi) is 9.11. The van der Waals surface area contributed by atoms with Crippen LogP contribution in [-0.2, 0) is 22.6 Å². The summed E-state index contributed by atoms with van der Waals surface area (Å²) in [7, 11) is 0. The lowest BCUT2D eigenvalue weighted by molar-refractivity contribution is -0.124. The minimum atomic E-state index is -0.460. The molecule has 8 heteroatoms. The molecule has 1 amide bonds. The molecule has 0 saturated carbocycles. The van der Waals surface area contributed by atoms with E-state index in [4.69, 9.17) is 10.5 Å². The quantitative estimate of drug-likeness (QED) is 0.603. The molecule has 1 aliphatic heterocycles. The van der Waals surface area contributed by atoms with Gasteiger partial charge in [0.25, 0.3) is 0 Å². The van der Waals surface area contributed by atoms with Crippen LogP contribution in [0.1, 0.15) is 24.0 Å². The van der Waals surface area contributed by atoms with Crippen LogP contribution in [0.5, 0.6) is 0 Å². The van der Waals surface area contributed by atoms with E-state index < -0.39 is 6.04 Å². The zero-order chi connectivity index (χ0) is 19.3. The van der Waals surface area contributed by atoms with Crippen LogP contribution in [0.4, 0.5) is 0 Å². The summed E-state index contributed by atoms with van der Waals surface area (Å²) >= 11 is 0. The first-order valence-electron chi connectivity index (χ1n) is 9.79. The van der Waals surface area contributed by atoms with Gasteiger partial charge in [-0.2, -0.15) is 0 Å². The number of imidazole rings is 1. The van der Waals surface area contributed by atoms with E-state index in [2.05, 4.69) is 45.2 Å². The summed E-state index contributed by atoms with van der Waals surface area (Å²) in [6.07, 6.45) is 3.58. The number of halogens is 2. The summed E-state index contributed by atoms with van der Waals surface area (Å²) in [4.78, 5) is 16.8. The molecule has 3 N–H and O–H groups in total. The summed E-state index contributed by atoms with van der Waals surface area (Å²) in [5, 5.41) is 2.97. The Morgan fingerprint density at radius 2 is 1.77 bits per heavy atom. The van der Waals surface area contributed by atoms with E-state index in [1.165, 1.54) is 5.56 Å². The van der Waals surface area contributed by atoms with Crippen molar-refractivity contribution in [3.63, 3.8) is 0 Å². The number of ether oxygens (including phenoxy) is 1. The molecule has 1 fully saturated rings. The lowest BCUT2D eigenvalue weighted by Gasteiger charge is -2.26. The van der Waals surface area contributed by atoms with E-state index in [0.717, 1.165) is 36.0 Å². The van der Waals surface area contributed by atoms with Gasteiger partial charge in [-0.1, -0.05) is 36.4 Å². The summed E-state index contributed by atoms with van der Waals surface area (Å²) < 4.78 is 7.48. The fourth-order valence-corrected chi connectivity index (χ4v) is 3.69. The maximum Gasteiger partial charge on any atom is 0.237 e. The number of fused-ring (bicyclic) bond motifs is 1. The molecular weight excluding hydrogens is 423 g/mol. The minimum Gasteiger partial charge on any atom is -0.381 e. The largest absolute Gasteiger partial charge is 0.381 e. The van der Waals surface area contributed by atoms with Crippen molar-refractivity contribution in [1.29, 1.82) is 0 Å². The van der Waals surface area contributed by atoms with Crippen molar-refractivity contribution in [1.82, 2.24) is 14.9 Å². The van der Waals surface area contributed by atoms with Crippen molar-refractivity contribution in [2.45, 2.75) is 32.0 Å². The van der Waals surface area contributed by atoms with Gasteiger partial charge in [-0.05, 0) is 42.0 Å². The number of nitrogens with two attached hydrogens (primary N) is 1. The van der Waals surface area contributed by atoms with Crippen molar-refractivity contribution in [2.24, 2.45) is 11.7 Å². The van der Waals surface area contributed by atoms with E-state index in [0.29, 0.717) is 19.8 Å². The fraction of sp³-hybridized carbons (Fsp3) is 0.364. The first-order chi connectivity index (χ1) is 13.7. The molecular formula is C22H28Cl2N4O2. The average molecular weight is 451 g/mol. The minimum absolute atomic E-state index is 0. The molecule has 162 valence electrons. The van der Waals surface area contributed by atoms with Crippen LogP contribution in [0.25, 0.3) is 11.0 Å². The van der Waals surface area contributed by atoms with Crippen LogP contribution in [0.3, 0.4) is 0 Å². The predicted octanol–water partition coefficient (Wildman–Crippen LogP) is 3.30. The van der Waals surface area contributed by atoms with E-state index in [-0.39, 0.29) is 36.6 Å². The maximum atomic E-state index is 12.3. The Labute approximate surface area is 189 Å². The second kappa shape index (κ2) is 11.3. The Morgan fingerprint density at radius 3 is 2.50 bits per heavy atom. The van der Waals surface area contributed by atoms with Gasteiger partial charge in [-0.3, -0.25) is 4.79 Å². The maximum absolute atomic E-state index is 12.3. The van der Waals surface area contributed by atoms with Crippen LogP contribution in [0.15, 0.2) is 54.9 Å². The van der Waals surface area contributed by atoms with Gasteiger partial charge in [0.1, 0.15) is 0 Å². The average Bonchev–Trinajstić information content (AvgIpc) is 3.16. The van der Waals surface area contributed by atoms with Gasteiger partial charge in [-0.15, -0.1) is 24.8 Å². The summed E-state index contributed by atoms with van der Waals surface area (Å²) in [6.45, 7) is 2.64. The second-order valence-corrected chi connectivity index (χ2v) is 7.37. The van der Waals surface area contributed by atoms with Crippen LogP contribution in [0, 0.1) is 5.92 Å². The molecule has 1 aromatic heterocycles. The third kappa shape index (κ3) is 5.73. The number of rotatable bonds is 6. The summed E-state index contributed by atoms with van der Waals surface area (Å²) in [5.74, 6) is 0.127. The molecule has 0 radical (unpaired) electrons. The lowest BCUT2D eigenvalue weighted by atomic mass is 9.92. The Balaban J connectivity index is 0.00000160. The van der Waals surface area contributed by atoms with Gasteiger partial charge < -0.3 is 20.4 Å². The van der Waals surface area contributed by atoms with Crippen LogP contribution in [0.2, 0.25) is 0 Å². The standard InChI is InChI=1S/C22H26N4O2.2ClH/c23-21(18-9-11-28-12-10-18)22(27)24-13-16-5-7-17(8-6-16)14-26-15-25-19-3-1-2-4-20(19)26;;/h1-8,15,18,21H,9-14,23H2,(H,24,27);2*1H. The third-order valence-electron chi connectivity index (χ3n) is 5.45. The topological polar surface area (TPSA) is 82.2 Å². The number of para-hydroxylation sites is 2. The highest BCUT2D eigenvalue weighted by Gasteiger charge is 2.26. The van der Waals surface area contributed by atoms with E-state index in [1.807, 2.05) is 24.5 Å². The predicted molar refractivity (Wildman–Crippen MR) is 123 cm³/mol. The number of carbonyl (C=O) groups excluding carboxylic acids is 1. The van der Waals surface area contributed by atoms with Gasteiger partial charge in [-0.25, -0.2) is 4.98 Å².